The molecule has 2 aromatic carbocycles. The summed E-state index contributed by atoms with van der Waals surface area (Å²) in [7, 11) is 0. The molecule has 1 saturated carbocycles. The van der Waals surface area contributed by atoms with E-state index in [1.165, 1.54) is 16.7 Å². The molecular weight excluding hydrogens is 434 g/mol. The van der Waals surface area contributed by atoms with Crippen LogP contribution in [0.25, 0.3) is 0 Å². The number of rotatable bonds is 8. The molecular formula is C26H29N3O3S. The van der Waals surface area contributed by atoms with E-state index in [1.54, 1.807) is 0 Å². The first-order valence-electron chi connectivity index (χ1n) is 11.4. The van der Waals surface area contributed by atoms with Gasteiger partial charge in [0.1, 0.15) is 10.6 Å². The second-order valence-electron chi connectivity index (χ2n) is 8.91. The van der Waals surface area contributed by atoms with Gasteiger partial charge in [-0.05, 0) is 55.2 Å². The summed E-state index contributed by atoms with van der Waals surface area (Å²) in [5.74, 6) is -0.241. The SMILES string of the molecule is CC(C)CN1C(=O)C(Nc2ccccc2)=C(Sc2ccc(NC(=O)C3CCCC3)cc2)C1=O. The van der Waals surface area contributed by atoms with E-state index in [-0.39, 0.29) is 29.6 Å². The fourth-order valence-electron chi connectivity index (χ4n) is 4.11. The van der Waals surface area contributed by atoms with E-state index in [2.05, 4.69) is 10.6 Å². The van der Waals surface area contributed by atoms with Crippen molar-refractivity contribution in [2.24, 2.45) is 11.8 Å². The zero-order chi connectivity index (χ0) is 23.4. The Hall–Kier alpha value is -3.06. The molecule has 6 nitrogen and oxygen atoms in total. The maximum Gasteiger partial charge on any atom is 0.278 e. The molecule has 0 radical (unpaired) electrons. The topological polar surface area (TPSA) is 78.5 Å². The number of imide groups is 1. The highest BCUT2D eigenvalue weighted by atomic mass is 32.2. The van der Waals surface area contributed by atoms with Gasteiger partial charge in [-0.2, -0.15) is 0 Å². The Labute approximate surface area is 198 Å². The first-order chi connectivity index (χ1) is 15.9. The number of para-hydroxylation sites is 1. The van der Waals surface area contributed by atoms with Crippen molar-refractivity contribution in [3.8, 4) is 0 Å². The van der Waals surface area contributed by atoms with E-state index in [9.17, 15) is 14.4 Å². The normalized spacial score (nSPS) is 16.8. The summed E-state index contributed by atoms with van der Waals surface area (Å²) in [6.45, 7) is 4.33. The second-order valence-corrected chi connectivity index (χ2v) is 9.99. The third-order valence-electron chi connectivity index (χ3n) is 5.78. The standard InChI is InChI=1S/C26H29N3O3S/c1-17(2)16-29-25(31)22(27-19-10-4-3-5-11-19)23(26(29)32)33-21-14-12-20(13-15-21)28-24(30)18-8-6-7-9-18/h3-5,10-15,17-18,27H,6-9,16H2,1-2H3,(H,28,30). The maximum absolute atomic E-state index is 13.1. The molecule has 4 rings (SSSR count). The summed E-state index contributed by atoms with van der Waals surface area (Å²) in [6.07, 6.45) is 4.13. The smallest absolute Gasteiger partial charge is 0.278 e. The van der Waals surface area contributed by atoms with Gasteiger partial charge in [0.25, 0.3) is 11.8 Å². The molecule has 1 aliphatic carbocycles. The van der Waals surface area contributed by atoms with E-state index in [1.807, 2.05) is 68.4 Å². The number of carbonyl (C=O) groups excluding carboxylic acids is 3. The Balaban J connectivity index is 1.52. The molecule has 172 valence electrons. The zero-order valence-electron chi connectivity index (χ0n) is 19.0. The van der Waals surface area contributed by atoms with Crippen LogP contribution in [0.15, 0.2) is 70.1 Å². The largest absolute Gasteiger partial charge is 0.350 e. The lowest BCUT2D eigenvalue weighted by molar-refractivity contribution is -0.137. The zero-order valence-corrected chi connectivity index (χ0v) is 19.8. The van der Waals surface area contributed by atoms with Crippen LogP contribution >= 0.6 is 11.8 Å². The highest BCUT2D eigenvalue weighted by molar-refractivity contribution is 8.04. The number of anilines is 2. The van der Waals surface area contributed by atoms with Crippen molar-refractivity contribution in [3.05, 3.63) is 65.2 Å². The molecule has 0 atom stereocenters. The number of amides is 3. The molecule has 2 aliphatic rings. The van der Waals surface area contributed by atoms with Crippen molar-refractivity contribution in [2.75, 3.05) is 17.2 Å². The lowest BCUT2D eigenvalue weighted by Crippen LogP contribution is -2.35. The van der Waals surface area contributed by atoms with Crippen molar-refractivity contribution >= 4 is 40.9 Å². The van der Waals surface area contributed by atoms with Crippen LogP contribution in [0.3, 0.4) is 0 Å². The molecule has 0 bridgehead atoms. The molecule has 0 spiro atoms. The minimum Gasteiger partial charge on any atom is -0.350 e. The van der Waals surface area contributed by atoms with Crippen LogP contribution in [-0.4, -0.2) is 29.2 Å². The number of nitrogens with one attached hydrogen (secondary N) is 2. The van der Waals surface area contributed by atoms with Crippen molar-refractivity contribution in [2.45, 2.75) is 44.4 Å². The number of thioether (sulfide) groups is 1. The van der Waals surface area contributed by atoms with Crippen molar-refractivity contribution in [1.29, 1.82) is 0 Å². The first-order valence-corrected chi connectivity index (χ1v) is 12.3. The summed E-state index contributed by atoms with van der Waals surface area (Å²) in [4.78, 5) is 41.1. The predicted octanol–water partition coefficient (Wildman–Crippen LogP) is 5.26. The van der Waals surface area contributed by atoms with Crippen molar-refractivity contribution in [3.63, 3.8) is 0 Å². The number of hydrogen-bond acceptors (Lipinski definition) is 5. The van der Waals surface area contributed by atoms with Crippen molar-refractivity contribution < 1.29 is 14.4 Å². The van der Waals surface area contributed by atoms with Gasteiger partial charge in [0.15, 0.2) is 0 Å². The van der Waals surface area contributed by atoms with Crippen molar-refractivity contribution in [1.82, 2.24) is 4.90 Å². The number of hydrogen-bond donors (Lipinski definition) is 2. The lowest BCUT2D eigenvalue weighted by atomic mass is 10.1. The van der Waals surface area contributed by atoms with Crippen LogP contribution < -0.4 is 10.6 Å². The summed E-state index contributed by atoms with van der Waals surface area (Å²) in [5, 5.41) is 6.14. The van der Waals surface area contributed by atoms with Gasteiger partial charge in [-0.1, -0.05) is 56.7 Å². The number of benzene rings is 2. The second kappa shape index (κ2) is 10.3. The monoisotopic (exact) mass is 463 g/mol. The predicted molar refractivity (Wildman–Crippen MR) is 132 cm³/mol. The Bertz CT molecular complexity index is 1060. The average Bonchev–Trinajstić information content (AvgIpc) is 3.41. The summed E-state index contributed by atoms with van der Waals surface area (Å²) >= 11 is 1.27. The van der Waals surface area contributed by atoms with Gasteiger partial charge in [0.2, 0.25) is 5.91 Å². The summed E-state index contributed by atoms with van der Waals surface area (Å²) in [6, 6.07) is 16.8. The number of carbonyl (C=O) groups is 3. The van der Waals surface area contributed by atoms with E-state index in [0.717, 1.165) is 42.0 Å². The molecule has 0 aromatic heterocycles. The van der Waals surface area contributed by atoms with Crippen LogP contribution in [0.1, 0.15) is 39.5 Å². The molecule has 1 heterocycles. The lowest BCUT2D eigenvalue weighted by Gasteiger charge is -2.17. The average molecular weight is 464 g/mol. The van der Waals surface area contributed by atoms with Gasteiger partial charge in [0, 0.05) is 28.7 Å². The van der Waals surface area contributed by atoms with E-state index < -0.39 is 0 Å². The maximum atomic E-state index is 13.1. The molecule has 1 aliphatic heterocycles. The van der Waals surface area contributed by atoms with Gasteiger partial charge in [0.05, 0.1) is 0 Å². The first kappa shape index (κ1) is 23.1. The third-order valence-corrected chi connectivity index (χ3v) is 6.87. The van der Waals surface area contributed by atoms with Crippen LogP contribution in [0.4, 0.5) is 11.4 Å². The van der Waals surface area contributed by atoms with Crippen LogP contribution in [0.2, 0.25) is 0 Å². The molecule has 2 aromatic rings. The fourth-order valence-corrected chi connectivity index (χ4v) is 5.06. The minimum atomic E-state index is -0.305. The Morgan fingerprint density at radius 2 is 1.64 bits per heavy atom. The Morgan fingerprint density at radius 3 is 2.27 bits per heavy atom. The van der Waals surface area contributed by atoms with Gasteiger partial charge in [-0.3, -0.25) is 19.3 Å². The fraction of sp³-hybridized carbons (Fsp3) is 0.346. The summed E-state index contributed by atoms with van der Waals surface area (Å²) < 4.78 is 0. The van der Waals surface area contributed by atoms with Gasteiger partial charge in [-0.25, -0.2) is 0 Å². The molecule has 2 N–H and O–H groups in total. The highest BCUT2D eigenvalue weighted by Crippen LogP contribution is 2.36. The Kier molecular flexibility index (Phi) is 7.18. The van der Waals surface area contributed by atoms with Crippen LogP contribution in [0.5, 0.6) is 0 Å². The molecule has 3 amide bonds. The van der Waals surface area contributed by atoms with Gasteiger partial charge < -0.3 is 10.6 Å². The molecule has 0 unspecified atom stereocenters. The van der Waals surface area contributed by atoms with E-state index in [0.29, 0.717) is 17.1 Å². The minimum absolute atomic E-state index is 0.0749. The van der Waals surface area contributed by atoms with Gasteiger partial charge in [-0.15, -0.1) is 0 Å². The molecule has 0 saturated heterocycles. The Morgan fingerprint density at radius 1 is 0.970 bits per heavy atom. The van der Waals surface area contributed by atoms with E-state index >= 15 is 0 Å². The van der Waals surface area contributed by atoms with Gasteiger partial charge >= 0.3 is 0 Å². The third kappa shape index (κ3) is 5.47. The van der Waals surface area contributed by atoms with E-state index in [4.69, 9.17) is 0 Å². The molecule has 1 fully saturated rings. The van der Waals surface area contributed by atoms with Crippen LogP contribution in [-0.2, 0) is 14.4 Å². The summed E-state index contributed by atoms with van der Waals surface area (Å²) in [5.41, 5.74) is 1.79. The molecule has 33 heavy (non-hydrogen) atoms. The molecule has 7 heteroatoms. The quantitative estimate of drug-likeness (QED) is 0.523. The number of nitrogens with zero attached hydrogens (tertiary/aromatic N) is 1. The highest BCUT2D eigenvalue weighted by Gasteiger charge is 2.39. The van der Waals surface area contributed by atoms with Crippen LogP contribution in [0, 0.1) is 11.8 Å².